The molecule has 162 valence electrons. The normalized spacial score (nSPS) is 15.1. The van der Waals surface area contributed by atoms with E-state index in [9.17, 15) is 0 Å². The van der Waals surface area contributed by atoms with E-state index < -0.39 is 0 Å². The van der Waals surface area contributed by atoms with Crippen molar-refractivity contribution < 1.29 is 0 Å². The molecule has 5 rings (SSSR count). The molecule has 5 heteroatoms. The number of fused-ring (bicyclic) bond motifs is 1. The predicted molar refractivity (Wildman–Crippen MR) is 137 cm³/mol. The average molecular weight is 460 g/mol. The Morgan fingerprint density at radius 3 is 2.31 bits per heavy atom. The van der Waals surface area contributed by atoms with Crippen LogP contribution in [0, 0.1) is 0 Å². The van der Waals surface area contributed by atoms with Crippen molar-refractivity contribution in [2.45, 2.75) is 43.9 Å². The van der Waals surface area contributed by atoms with Crippen LogP contribution in [0.3, 0.4) is 0 Å². The molecule has 1 N–H and O–H groups in total. The highest BCUT2D eigenvalue weighted by Crippen LogP contribution is 2.48. The Hall–Kier alpha value is -2.40. The lowest BCUT2D eigenvalue weighted by molar-refractivity contribution is 0.664. The smallest absolute Gasteiger partial charge is 0.138 e. The minimum Gasteiger partial charge on any atom is -0.253 e. The van der Waals surface area contributed by atoms with Gasteiger partial charge in [-0.25, -0.2) is 9.97 Å². The van der Waals surface area contributed by atoms with Gasteiger partial charge in [0.15, 0.2) is 0 Å². The Bertz CT molecular complexity index is 1260. The molecule has 3 nitrogen and oxygen atoms in total. The van der Waals surface area contributed by atoms with Crippen molar-refractivity contribution in [1.29, 1.82) is 0 Å². The Balaban J connectivity index is 1.56. The molecule has 0 radical (unpaired) electrons. The first-order valence-electron chi connectivity index (χ1n) is 10.9. The average Bonchev–Trinajstić information content (AvgIpc) is 3.59. The highest BCUT2D eigenvalue weighted by molar-refractivity contribution is 7.98. The molecule has 1 aliphatic carbocycles. The zero-order valence-corrected chi connectivity index (χ0v) is 20.1. The number of pyridine rings is 2. The van der Waals surface area contributed by atoms with Gasteiger partial charge in [0, 0.05) is 27.5 Å². The van der Waals surface area contributed by atoms with E-state index in [0.717, 1.165) is 33.3 Å². The van der Waals surface area contributed by atoms with Crippen LogP contribution in [0.5, 0.6) is 0 Å². The van der Waals surface area contributed by atoms with Crippen LogP contribution in [-0.2, 0) is 5.54 Å². The van der Waals surface area contributed by atoms with E-state index >= 15 is 0 Å². The zero-order chi connectivity index (χ0) is 22.3. The Morgan fingerprint density at radius 1 is 0.938 bits per heavy atom. The largest absolute Gasteiger partial charge is 0.253 e. The second-order valence-electron chi connectivity index (χ2n) is 9.39. The molecule has 0 spiro atoms. The van der Waals surface area contributed by atoms with E-state index in [1.807, 2.05) is 36.2 Å². The van der Waals surface area contributed by atoms with Gasteiger partial charge in [0.25, 0.3) is 0 Å². The summed E-state index contributed by atoms with van der Waals surface area (Å²) in [6.07, 6.45) is 4.05. The van der Waals surface area contributed by atoms with Gasteiger partial charge >= 0.3 is 0 Å². The first-order chi connectivity index (χ1) is 15.3. The van der Waals surface area contributed by atoms with Gasteiger partial charge < -0.3 is 0 Å². The summed E-state index contributed by atoms with van der Waals surface area (Å²) in [7, 11) is 0. The molecule has 1 fully saturated rings. The van der Waals surface area contributed by atoms with Crippen molar-refractivity contribution in [3.05, 3.63) is 83.6 Å². The van der Waals surface area contributed by atoms with Gasteiger partial charge in [-0.3, -0.25) is 4.72 Å². The third-order valence-electron chi connectivity index (χ3n) is 5.79. The third-order valence-corrected chi connectivity index (χ3v) is 7.20. The molecule has 0 bridgehead atoms. The molecule has 0 atom stereocenters. The predicted octanol–water partition coefficient (Wildman–Crippen LogP) is 7.64. The van der Waals surface area contributed by atoms with Gasteiger partial charge in [-0.05, 0) is 56.9 Å². The van der Waals surface area contributed by atoms with E-state index in [-0.39, 0.29) is 10.3 Å². The van der Waals surface area contributed by atoms with Crippen LogP contribution in [0.25, 0.3) is 33.3 Å². The van der Waals surface area contributed by atoms with E-state index in [0.29, 0.717) is 5.15 Å². The molecule has 1 saturated carbocycles. The lowest BCUT2D eigenvalue weighted by atomic mass is 9.96. The van der Waals surface area contributed by atoms with Crippen LogP contribution in [0.1, 0.15) is 39.2 Å². The first-order valence-corrected chi connectivity index (χ1v) is 12.1. The Kier molecular flexibility index (Phi) is 5.48. The summed E-state index contributed by atoms with van der Waals surface area (Å²) in [5.41, 5.74) is 6.51. The summed E-state index contributed by atoms with van der Waals surface area (Å²) in [5, 5.41) is 1.35. The SMILES string of the molecule is CC(C)(C)SNC1(c2ccc(-c3nc4ccnc(Cl)c4cc3-c3ccccc3)cc2)CC1. The number of halogens is 1. The van der Waals surface area contributed by atoms with Crippen molar-refractivity contribution in [1.82, 2.24) is 14.7 Å². The molecule has 0 saturated heterocycles. The van der Waals surface area contributed by atoms with Crippen molar-refractivity contribution in [3.63, 3.8) is 0 Å². The minimum absolute atomic E-state index is 0.0920. The first kappa shape index (κ1) is 21.4. The number of hydrogen-bond acceptors (Lipinski definition) is 4. The van der Waals surface area contributed by atoms with Crippen LogP contribution < -0.4 is 4.72 Å². The summed E-state index contributed by atoms with van der Waals surface area (Å²) >= 11 is 8.21. The van der Waals surface area contributed by atoms with E-state index in [1.165, 1.54) is 18.4 Å². The lowest BCUT2D eigenvalue weighted by Gasteiger charge is -2.24. The summed E-state index contributed by atoms with van der Waals surface area (Å²) in [5.74, 6) is 0. The van der Waals surface area contributed by atoms with Gasteiger partial charge in [-0.2, -0.15) is 0 Å². The van der Waals surface area contributed by atoms with Gasteiger partial charge in [-0.15, -0.1) is 0 Å². The Morgan fingerprint density at radius 2 is 1.66 bits per heavy atom. The summed E-state index contributed by atoms with van der Waals surface area (Å²) < 4.78 is 3.92. The Labute approximate surface area is 198 Å². The molecule has 2 aromatic carbocycles. The molecule has 4 aromatic rings. The minimum atomic E-state index is 0.0920. The van der Waals surface area contributed by atoms with Crippen molar-refractivity contribution >= 4 is 34.5 Å². The summed E-state index contributed by atoms with van der Waals surface area (Å²) in [6.45, 7) is 6.71. The fraction of sp³-hybridized carbons (Fsp3) is 0.259. The molecule has 0 unspecified atom stereocenters. The molecule has 2 aromatic heterocycles. The molecule has 2 heterocycles. The van der Waals surface area contributed by atoms with E-state index in [4.69, 9.17) is 16.6 Å². The maximum Gasteiger partial charge on any atom is 0.138 e. The van der Waals surface area contributed by atoms with E-state index in [1.54, 1.807) is 6.20 Å². The van der Waals surface area contributed by atoms with Crippen molar-refractivity contribution in [3.8, 4) is 22.4 Å². The quantitative estimate of drug-likeness (QED) is 0.246. The zero-order valence-electron chi connectivity index (χ0n) is 18.5. The maximum atomic E-state index is 6.39. The highest BCUT2D eigenvalue weighted by Gasteiger charge is 2.44. The molecule has 0 amide bonds. The number of benzene rings is 2. The van der Waals surface area contributed by atoms with Crippen molar-refractivity contribution in [2.24, 2.45) is 0 Å². The second kappa shape index (κ2) is 8.18. The molecular formula is C27H26ClN3S. The highest BCUT2D eigenvalue weighted by atomic mass is 35.5. The molecular weight excluding hydrogens is 434 g/mol. The van der Waals surface area contributed by atoms with E-state index in [2.05, 4.69) is 72.9 Å². The van der Waals surface area contributed by atoms with Gasteiger partial charge in [-0.1, -0.05) is 78.1 Å². The lowest BCUT2D eigenvalue weighted by Crippen LogP contribution is -2.27. The second-order valence-corrected chi connectivity index (χ2v) is 11.4. The van der Waals surface area contributed by atoms with Crippen molar-refractivity contribution in [2.75, 3.05) is 0 Å². The van der Waals surface area contributed by atoms with Crippen LogP contribution in [0.2, 0.25) is 5.15 Å². The number of nitrogens with zero attached hydrogens (tertiary/aromatic N) is 2. The molecule has 1 aliphatic rings. The van der Waals surface area contributed by atoms with Gasteiger partial charge in [0.2, 0.25) is 0 Å². The topological polar surface area (TPSA) is 37.8 Å². The number of hydrogen-bond donors (Lipinski definition) is 1. The molecule has 0 aliphatic heterocycles. The van der Waals surface area contributed by atoms with Crippen LogP contribution >= 0.6 is 23.5 Å². The summed E-state index contributed by atoms with van der Waals surface area (Å²) in [6, 6.07) is 23.3. The standard InChI is InChI=1S/C27H26ClN3S/c1-26(2,3)32-31-27(14-15-27)20-11-9-19(10-12-20)24-21(18-7-5-4-6-8-18)17-22-23(30-24)13-16-29-25(22)28/h4-13,16-17,31H,14-15H2,1-3H3. The third kappa shape index (κ3) is 4.27. The number of nitrogens with one attached hydrogen (secondary N) is 1. The molecule has 32 heavy (non-hydrogen) atoms. The fourth-order valence-electron chi connectivity index (χ4n) is 3.89. The van der Waals surface area contributed by atoms with Gasteiger partial charge in [0.1, 0.15) is 5.15 Å². The van der Waals surface area contributed by atoms with Crippen LogP contribution in [0.4, 0.5) is 0 Å². The van der Waals surface area contributed by atoms with Crippen LogP contribution in [-0.4, -0.2) is 14.7 Å². The maximum absolute atomic E-state index is 6.39. The number of rotatable bonds is 5. The fourth-order valence-corrected chi connectivity index (χ4v) is 4.92. The monoisotopic (exact) mass is 459 g/mol. The van der Waals surface area contributed by atoms with Gasteiger partial charge in [0.05, 0.1) is 16.7 Å². The summed E-state index contributed by atoms with van der Waals surface area (Å²) in [4.78, 5) is 9.26. The number of aromatic nitrogens is 2. The van der Waals surface area contributed by atoms with Crippen LogP contribution in [0.15, 0.2) is 72.9 Å².